The standard InChI is InChI=1S/C16H12FN3O3/c1-7(21)12-8(2)23-14(19)10(6-18)16(12)9-4-3-5-11(17)13(9)20-15(16)22/h3-5H,19H2,1-2H3,(H,20,22). The van der Waals surface area contributed by atoms with Crippen molar-refractivity contribution in [2.75, 3.05) is 5.32 Å². The van der Waals surface area contributed by atoms with Gasteiger partial charge in [0.05, 0.1) is 11.3 Å². The number of hydrogen-bond donors (Lipinski definition) is 2. The smallest absolute Gasteiger partial charge is 0.245 e. The average molecular weight is 313 g/mol. The van der Waals surface area contributed by atoms with E-state index >= 15 is 0 Å². The molecular formula is C16H12FN3O3. The van der Waals surface area contributed by atoms with Crippen LogP contribution in [0.1, 0.15) is 19.4 Å². The number of carbonyl (C=O) groups excluding carboxylic acids is 2. The summed E-state index contributed by atoms with van der Waals surface area (Å²) >= 11 is 0. The lowest BCUT2D eigenvalue weighted by molar-refractivity contribution is -0.122. The highest BCUT2D eigenvalue weighted by molar-refractivity contribution is 6.18. The maximum atomic E-state index is 14.1. The Balaban J connectivity index is 2.49. The number of Topliss-reactive ketones (excluding diaryl/α,β-unsaturated/α-hetero) is 1. The molecular weight excluding hydrogens is 301 g/mol. The van der Waals surface area contributed by atoms with E-state index in [9.17, 15) is 19.2 Å². The molecule has 2 heterocycles. The number of nitrogens with zero attached hydrogens (tertiary/aromatic N) is 1. The second-order valence-corrected chi connectivity index (χ2v) is 5.31. The number of allylic oxidation sites excluding steroid dienone is 1. The average Bonchev–Trinajstić information content (AvgIpc) is 2.74. The van der Waals surface area contributed by atoms with Gasteiger partial charge in [0.15, 0.2) is 5.78 Å². The number of benzene rings is 1. The van der Waals surface area contributed by atoms with E-state index < -0.39 is 22.9 Å². The van der Waals surface area contributed by atoms with Crippen molar-refractivity contribution in [2.24, 2.45) is 5.73 Å². The van der Waals surface area contributed by atoms with E-state index in [1.165, 1.54) is 32.0 Å². The first-order valence-corrected chi connectivity index (χ1v) is 6.76. The molecule has 0 aliphatic carbocycles. The number of rotatable bonds is 1. The van der Waals surface area contributed by atoms with Crippen LogP contribution in [-0.4, -0.2) is 11.7 Å². The Morgan fingerprint density at radius 1 is 1.48 bits per heavy atom. The summed E-state index contributed by atoms with van der Waals surface area (Å²) in [6, 6.07) is 5.92. The van der Waals surface area contributed by atoms with Crippen molar-refractivity contribution in [1.29, 1.82) is 5.26 Å². The Kier molecular flexibility index (Phi) is 3.01. The number of amides is 1. The van der Waals surface area contributed by atoms with Gasteiger partial charge in [-0.1, -0.05) is 12.1 Å². The lowest BCUT2D eigenvalue weighted by Crippen LogP contribution is -2.44. The molecule has 2 aliphatic rings. The molecule has 1 spiro atoms. The number of hydrogen-bond acceptors (Lipinski definition) is 5. The summed E-state index contributed by atoms with van der Waals surface area (Å²) in [5.74, 6) is -1.99. The van der Waals surface area contributed by atoms with Crippen LogP contribution in [0, 0.1) is 17.1 Å². The SMILES string of the molecule is CC(=O)C1=C(C)OC(N)=C(C#N)C12C(=O)Nc1c(F)cccc12. The van der Waals surface area contributed by atoms with Gasteiger partial charge in [0.2, 0.25) is 11.8 Å². The van der Waals surface area contributed by atoms with Crippen LogP contribution < -0.4 is 11.1 Å². The first-order chi connectivity index (χ1) is 10.9. The van der Waals surface area contributed by atoms with Crippen LogP contribution in [0.5, 0.6) is 0 Å². The number of carbonyl (C=O) groups is 2. The number of nitrogens with two attached hydrogens (primary N) is 1. The zero-order chi connectivity index (χ0) is 16.9. The quantitative estimate of drug-likeness (QED) is 0.819. The van der Waals surface area contributed by atoms with Crippen LogP contribution in [0.15, 0.2) is 41.0 Å². The molecule has 6 nitrogen and oxygen atoms in total. The second kappa shape index (κ2) is 4.68. The van der Waals surface area contributed by atoms with E-state index in [2.05, 4.69) is 5.32 Å². The minimum atomic E-state index is -1.79. The zero-order valence-corrected chi connectivity index (χ0v) is 12.4. The van der Waals surface area contributed by atoms with Gasteiger partial charge in [-0.15, -0.1) is 0 Å². The molecule has 1 aromatic rings. The van der Waals surface area contributed by atoms with Crippen molar-refractivity contribution < 1.29 is 18.7 Å². The van der Waals surface area contributed by atoms with Crippen molar-refractivity contribution in [3.05, 3.63) is 52.4 Å². The molecule has 0 saturated heterocycles. The van der Waals surface area contributed by atoms with Gasteiger partial charge in [-0.2, -0.15) is 5.26 Å². The molecule has 3 rings (SSSR count). The molecule has 1 aromatic carbocycles. The van der Waals surface area contributed by atoms with E-state index in [-0.39, 0.29) is 34.0 Å². The van der Waals surface area contributed by atoms with Crippen LogP contribution in [0.25, 0.3) is 0 Å². The maximum Gasteiger partial charge on any atom is 0.245 e. The maximum absolute atomic E-state index is 14.1. The van der Waals surface area contributed by atoms with Crippen LogP contribution in [0.4, 0.5) is 10.1 Å². The lowest BCUT2D eigenvalue weighted by Gasteiger charge is -2.33. The summed E-state index contributed by atoms with van der Waals surface area (Å²) in [6.07, 6.45) is 0. The van der Waals surface area contributed by atoms with Crippen molar-refractivity contribution in [3.8, 4) is 6.07 Å². The van der Waals surface area contributed by atoms with E-state index in [0.717, 1.165) is 0 Å². The van der Waals surface area contributed by atoms with Gasteiger partial charge in [-0.3, -0.25) is 9.59 Å². The van der Waals surface area contributed by atoms with Gasteiger partial charge >= 0.3 is 0 Å². The summed E-state index contributed by atoms with van der Waals surface area (Å²) in [5.41, 5.74) is 3.85. The van der Waals surface area contributed by atoms with Crippen molar-refractivity contribution in [1.82, 2.24) is 0 Å². The Hall–Kier alpha value is -3.14. The van der Waals surface area contributed by atoms with Crippen molar-refractivity contribution in [2.45, 2.75) is 19.3 Å². The third-order valence-electron chi connectivity index (χ3n) is 4.07. The van der Waals surface area contributed by atoms with Gasteiger partial charge in [0.25, 0.3) is 0 Å². The second-order valence-electron chi connectivity index (χ2n) is 5.31. The van der Waals surface area contributed by atoms with Crippen LogP contribution in [0.3, 0.4) is 0 Å². The largest absolute Gasteiger partial charge is 0.445 e. The van der Waals surface area contributed by atoms with Gasteiger partial charge in [0.1, 0.15) is 28.6 Å². The predicted octanol–water partition coefficient (Wildman–Crippen LogP) is 1.60. The summed E-state index contributed by atoms with van der Waals surface area (Å²) in [6.45, 7) is 2.73. The van der Waals surface area contributed by atoms with Crippen molar-refractivity contribution >= 4 is 17.4 Å². The molecule has 23 heavy (non-hydrogen) atoms. The number of ether oxygens (including phenoxy) is 1. The highest BCUT2D eigenvalue weighted by atomic mass is 19.1. The number of nitriles is 1. The summed E-state index contributed by atoms with van der Waals surface area (Å²) in [7, 11) is 0. The number of anilines is 1. The number of fused-ring (bicyclic) bond motifs is 2. The van der Waals surface area contributed by atoms with E-state index in [0.29, 0.717) is 0 Å². The van der Waals surface area contributed by atoms with E-state index in [1.807, 2.05) is 6.07 Å². The monoisotopic (exact) mass is 313 g/mol. The van der Waals surface area contributed by atoms with Gasteiger partial charge in [-0.25, -0.2) is 4.39 Å². The van der Waals surface area contributed by atoms with E-state index in [1.54, 1.807) is 0 Å². The molecule has 3 N–H and O–H groups in total. The molecule has 1 unspecified atom stereocenters. The summed E-state index contributed by atoms with van der Waals surface area (Å²) < 4.78 is 19.3. The number of ketones is 1. The molecule has 116 valence electrons. The van der Waals surface area contributed by atoms with Crippen molar-refractivity contribution in [3.63, 3.8) is 0 Å². The fourth-order valence-electron chi connectivity index (χ4n) is 3.28. The van der Waals surface area contributed by atoms with E-state index in [4.69, 9.17) is 10.5 Å². The third-order valence-corrected chi connectivity index (χ3v) is 4.07. The fraction of sp³-hybridized carbons (Fsp3) is 0.188. The Bertz CT molecular complexity index is 879. The zero-order valence-electron chi connectivity index (χ0n) is 12.4. The Labute approximate surface area is 131 Å². The first-order valence-electron chi connectivity index (χ1n) is 6.76. The first kappa shape index (κ1) is 14.8. The van der Waals surface area contributed by atoms with Crippen LogP contribution >= 0.6 is 0 Å². The summed E-state index contributed by atoms with van der Waals surface area (Å²) in [4.78, 5) is 25.0. The fourth-order valence-corrected chi connectivity index (χ4v) is 3.28. The van der Waals surface area contributed by atoms with Crippen LogP contribution in [0.2, 0.25) is 0 Å². The Morgan fingerprint density at radius 2 is 2.17 bits per heavy atom. The molecule has 0 bridgehead atoms. The highest BCUT2D eigenvalue weighted by Crippen LogP contribution is 2.52. The number of nitrogens with one attached hydrogen (secondary N) is 1. The minimum absolute atomic E-state index is 0.0231. The lowest BCUT2D eigenvalue weighted by atomic mass is 9.67. The molecule has 0 aromatic heterocycles. The number of para-hydroxylation sites is 1. The molecule has 0 saturated carbocycles. The predicted molar refractivity (Wildman–Crippen MR) is 78.0 cm³/mol. The minimum Gasteiger partial charge on any atom is -0.445 e. The summed E-state index contributed by atoms with van der Waals surface area (Å²) in [5, 5.41) is 11.9. The highest BCUT2D eigenvalue weighted by Gasteiger charge is 2.58. The number of halogens is 1. The molecule has 7 heteroatoms. The molecule has 0 fully saturated rings. The van der Waals surface area contributed by atoms with Crippen LogP contribution in [-0.2, 0) is 19.7 Å². The molecule has 1 atom stereocenters. The molecule has 1 amide bonds. The Morgan fingerprint density at radius 3 is 2.78 bits per heavy atom. The topological polar surface area (TPSA) is 105 Å². The third kappa shape index (κ3) is 1.66. The van der Waals surface area contributed by atoms with Gasteiger partial charge in [0, 0.05) is 5.56 Å². The molecule has 2 aliphatic heterocycles. The normalized spacial score (nSPS) is 22.6. The van der Waals surface area contributed by atoms with Gasteiger partial charge in [-0.05, 0) is 19.9 Å². The van der Waals surface area contributed by atoms with Gasteiger partial charge < -0.3 is 15.8 Å². The molecule has 0 radical (unpaired) electrons.